The highest BCUT2D eigenvalue weighted by Crippen LogP contribution is 2.31. The summed E-state index contributed by atoms with van der Waals surface area (Å²) in [6, 6.07) is 5.80. The number of nitrogens with two attached hydrogens (primary N) is 1. The highest BCUT2D eigenvalue weighted by atomic mass is 127. The van der Waals surface area contributed by atoms with Crippen molar-refractivity contribution in [3.63, 3.8) is 0 Å². The zero-order valence-electron chi connectivity index (χ0n) is 9.25. The number of benzene rings is 1. The predicted molar refractivity (Wildman–Crippen MR) is 79.9 cm³/mol. The van der Waals surface area contributed by atoms with Gasteiger partial charge in [0.05, 0.1) is 5.56 Å². The van der Waals surface area contributed by atoms with E-state index in [1.165, 1.54) is 12.8 Å². The van der Waals surface area contributed by atoms with E-state index in [-0.39, 0.29) is 11.9 Å². The Morgan fingerprint density at radius 3 is 2.94 bits per heavy atom. The van der Waals surface area contributed by atoms with Gasteiger partial charge >= 0.3 is 0 Å². The minimum atomic E-state index is -0.0634. The van der Waals surface area contributed by atoms with Gasteiger partial charge in [-0.3, -0.25) is 4.79 Å². The van der Waals surface area contributed by atoms with Crippen LogP contribution in [0.5, 0.6) is 0 Å². The lowest BCUT2D eigenvalue weighted by Crippen LogP contribution is -2.38. The van der Waals surface area contributed by atoms with Crippen LogP contribution in [0.15, 0.2) is 22.7 Å². The molecule has 1 aliphatic carbocycles. The quantitative estimate of drug-likeness (QED) is 0.752. The van der Waals surface area contributed by atoms with Crippen LogP contribution in [-0.4, -0.2) is 18.5 Å². The standard InChI is InChI=1S/C12H14BrIN2O/c13-10-4-3-8(14)5-9(10)12(17)16-6-11(15)7-1-2-7/h3-5,7,11H,1-2,6,15H2,(H,16,17). The zero-order valence-corrected chi connectivity index (χ0v) is 13.0. The number of hydrogen-bond donors (Lipinski definition) is 2. The summed E-state index contributed by atoms with van der Waals surface area (Å²) in [7, 11) is 0. The smallest absolute Gasteiger partial charge is 0.252 e. The molecule has 1 aliphatic rings. The van der Waals surface area contributed by atoms with Gasteiger partial charge < -0.3 is 11.1 Å². The molecular formula is C12H14BrIN2O. The molecule has 3 nitrogen and oxygen atoms in total. The molecule has 0 bridgehead atoms. The molecule has 1 unspecified atom stereocenters. The molecule has 0 saturated heterocycles. The number of nitrogens with one attached hydrogen (secondary N) is 1. The van der Waals surface area contributed by atoms with Gasteiger partial charge in [-0.05, 0) is 75.5 Å². The Morgan fingerprint density at radius 1 is 1.59 bits per heavy atom. The van der Waals surface area contributed by atoms with Gasteiger partial charge in [0.15, 0.2) is 0 Å². The van der Waals surface area contributed by atoms with Gasteiger partial charge in [-0.15, -0.1) is 0 Å². The largest absolute Gasteiger partial charge is 0.350 e. The monoisotopic (exact) mass is 408 g/mol. The first kappa shape index (κ1) is 13.3. The van der Waals surface area contributed by atoms with Crippen LogP contribution in [-0.2, 0) is 0 Å². The van der Waals surface area contributed by atoms with Crippen LogP contribution in [0.1, 0.15) is 23.2 Å². The van der Waals surface area contributed by atoms with Crippen molar-refractivity contribution in [1.82, 2.24) is 5.32 Å². The molecule has 0 heterocycles. The summed E-state index contributed by atoms with van der Waals surface area (Å²) in [5.41, 5.74) is 6.61. The second-order valence-corrected chi connectivity index (χ2v) is 6.44. The van der Waals surface area contributed by atoms with Gasteiger partial charge in [0.2, 0.25) is 0 Å². The lowest BCUT2D eigenvalue weighted by molar-refractivity contribution is 0.0949. The summed E-state index contributed by atoms with van der Waals surface area (Å²) >= 11 is 5.58. The summed E-state index contributed by atoms with van der Waals surface area (Å²) in [5.74, 6) is 0.543. The van der Waals surface area contributed by atoms with Crippen molar-refractivity contribution in [2.75, 3.05) is 6.54 Å². The molecule has 1 fully saturated rings. The third-order valence-electron chi connectivity index (χ3n) is 2.90. The number of carbonyl (C=O) groups is 1. The van der Waals surface area contributed by atoms with Crippen molar-refractivity contribution in [3.05, 3.63) is 31.8 Å². The Hall–Kier alpha value is -0.140. The van der Waals surface area contributed by atoms with E-state index in [0.29, 0.717) is 18.0 Å². The van der Waals surface area contributed by atoms with Crippen LogP contribution in [0.25, 0.3) is 0 Å². The molecule has 1 aromatic rings. The first-order valence-corrected chi connectivity index (χ1v) is 7.44. The molecule has 0 spiro atoms. The van der Waals surface area contributed by atoms with Crippen LogP contribution < -0.4 is 11.1 Å². The maximum absolute atomic E-state index is 12.0. The maximum Gasteiger partial charge on any atom is 0.252 e. The van der Waals surface area contributed by atoms with Crippen LogP contribution in [0, 0.1) is 9.49 Å². The molecule has 1 atom stereocenters. The van der Waals surface area contributed by atoms with Crippen LogP contribution >= 0.6 is 38.5 Å². The van der Waals surface area contributed by atoms with E-state index in [1.807, 2.05) is 18.2 Å². The van der Waals surface area contributed by atoms with E-state index in [0.717, 1.165) is 8.04 Å². The van der Waals surface area contributed by atoms with Crippen LogP contribution in [0.3, 0.4) is 0 Å². The third-order valence-corrected chi connectivity index (χ3v) is 4.26. The van der Waals surface area contributed by atoms with Crippen LogP contribution in [0.4, 0.5) is 0 Å². The molecule has 92 valence electrons. The molecule has 1 saturated carbocycles. The van der Waals surface area contributed by atoms with Crippen molar-refractivity contribution in [3.8, 4) is 0 Å². The Bertz CT molecular complexity index is 435. The van der Waals surface area contributed by atoms with E-state index in [4.69, 9.17) is 5.73 Å². The number of amides is 1. The summed E-state index contributed by atoms with van der Waals surface area (Å²) in [6.45, 7) is 0.557. The SMILES string of the molecule is NC(CNC(=O)c1cc(I)ccc1Br)C1CC1. The predicted octanol–water partition coefficient (Wildman–Crippen LogP) is 2.52. The topological polar surface area (TPSA) is 55.1 Å². The van der Waals surface area contributed by atoms with Crippen molar-refractivity contribution in [1.29, 1.82) is 0 Å². The first-order valence-electron chi connectivity index (χ1n) is 5.57. The molecule has 17 heavy (non-hydrogen) atoms. The summed E-state index contributed by atoms with van der Waals surface area (Å²) in [6.07, 6.45) is 2.40. The summed E-state index contributed by atoms with van der Waals surface area (Å²) < 4.78 is 1.86. The zero-order chi connectivity index (χ0) is 12.4. The minimum Gasteiger partial charge on any atom is -0.350 e. The van der Waals surface area contributed by atoms with Crippen molar-refractivity contribution in [2.24, 2.45) is 11.7 Å². The Labute approximate surface area is 123 Å². The van der Waals surface area contributed by atoms with E-state index < -0.39 is 0 Å². The third kappa shape index (κ3) is 3.66. The molecule has 0 aliphatic heterocycles. The van der Waals surface area contributed by atoms with Gasteiger partial charge in [0, 0.05) is 20.6 Å². The van der Waals surface area contributed by atoms with Gasteiger partial charge in [0.25, 0.3) is 5.91 Å². The highest BCUT2D eigenvalue weighted by molar-refractivity contribution is 14.1. The molecular weight excluding hydrogens is 395 g/mol. The van der Waals surface area contributed by atoms with Gasteiger partial charge in [-0.2, -0.15) is 0 Å². The Kier molecular flexibility index (Phi) is 4.43. The average Bonchev–Trinajstić information content (AvgIpc) is 3.12. The van der Waals surface area contributed by atoms with Crippen LogP contribution in [0.2, 0.25) is 0 Å². The molecule has 0 aromatic heterocycles. The number of carbonyl (C=O) groups excluding carboxylic acids is 1. The number of hydrogen-bond acceptors (Lipinski definition) is 2. The highest BCUT2D eigenvalue weighted by Gasteiger charge is 2.28. The minimum absolute atomic E-state index is 0.0634. The van der Waals surface area contributed by atoms with Gasteiger partial charge in [0.1, 0.15) is 0 Å². The lowest BCUT2D eigenvalue weighted by Gasteiger charge is -2.12. The lowest BCUT2D eigenvalue weighted by atomic mass is 10.2. The van der Waals surface area contributed by atoms with Gasteiger partial charge in [-0.25, -0.2) is 0 Å². The fourth-order valence-electron chi connectivity index (χ4n) is 1.67. The van der Waals surface area contributed by atoms with Crippen molar-refractivity contribution in [2.45, 2.75) is 18.9 Å². The van der Waals surface area contributed by atoms with Crippen molar-refractivity contribution >= 4 is 44.4 Å². The molecule has 1 amide bonds. The van der Waals surface area contributed by atoms with E-state index >= 15 is 0 Å². The van der Waals surface area contributed by atoms with E-state index in [1.54, 1.807) is 0 Å². The second kappa shape index (κ2) is 5.67. The van der Waals surface area contributed by atoms with Gasteiger partial charge in [-0.1, -0.05) is 0 Å². The van der Waals surface area contributed by atoms with E-state index in [9.17, 15) is 4.79 Å². The fourth-order valence-corrected chi connectivity index (χ4v) is 2.59. The average molecular weight is 409 g/mol. The second-order valence-electron chi connectivity index (χ2n) is 4.34. The molecule has 0 radical (unpaired) electrons. The fraction of sp³-hybridized carbons (Fsp3) is 0.417. The molecule has 3 N–H and O–H groups in total. The molecule has 5 heteroatoms. The first-order chi connectivity index (χ1) is 8.08. The molecule has 2 rings (SSSR count). The number of halogens is 2. The number of rotatable bonds is 4. The van der Waals surface area contributed by atoms with E-state index in [2.05, 4.69) is 43.8 Å². The Morgan fingerprint density at radius 2 is 2.29 bits per heavy atom. The van der Waals surface area contributed by atoms with Crippen molar-refractivity contribution < 1.29 is 4.79 Å². The molecule has 1 aromatic carbocycles. The normalized spacial score (nSPS) is 16.6. The summed E-state index contributed by atoms with van der Waals surface area (Å²) in [5, 5.41) is 2.89. The summed E-state index contributed by atoms with van der Waals surface area (Å²) in [4.78, 5) is 12.0. The Balaban J connectivity index is 1.96. The maximum atomic E-state index is 12.0.